The van der Waals surface area contributed by atoms with E-state index in [1.54, 1.807) is 6.21 Å². The van der Waals surface area contributed by atoms with E-state index in [-0.39, 0.29) is 6.03 Å². The summed E-state index contributed by atoms with van der Waals surface area (Å²) >= 11 is 0. The van der Waals surface area contributed by atoms with Gasteiger partial charge >= 0.3 is 6.03 Å². The molecular weight excluding hydrogens is 324 g/mol. The summed E-state index contributed by atoms with van der Waals surface area (Å²) in [6.45, 7) is 6.20. The van der Waals surface area contributed by atoms with E-state index in [9.17, 15) is 4.79 Å². The fourth-order valence-electron chi connectivity index (χ4n) is 2.94. The number of hydrogen-bond donors (Lipinski definition) is 2. The molecule has 1 aromatic heterocycles. The van der Waals surface area contributed by atoms with Crippen LogP contribution in [0.25, 0.3) is 5.69 Å². The van der Waals surface area contributed by atoms with Gasteiger partial charge in [-0.3, -0.25) is 0 Å². The zero-order valence-corrected chi connectivity index (χ0v) is 15.2. The van der Waals surface area contributed by atoms with Crippen LogP contribution in [-0.2, 0) is 0 Å². The molecule has 3 aromatic rings. The van der Waals surface area contributed by atoms with Crippen molar-refractivity contribution in [3.05, 3.63) is 83.2 Å². The first kappa shape index (κ1) is 17.5. The highest BCUT2D eigenvalue weighted by Gasteiger charge is 2.10. The molecule has 3 rings (SSSR count). The van der Waals surface area contributed by atoms with Crippen molar-refractivity contribution in [1.29, 1.82) is 0 Å². The standard InChI is InChI=1S/C21H22N4O/c1-15-9-7-8-12-20(15)25-16(2)13-18(17(25)3)14-22-24-21(26)23-19-10-5-4-6-11-19/h4-14H,1-3H3,(H2,23,24,26)/b22-14-. The molecule has 2 N–H and O–H groups in total. The Balaban J connectivity index is 1.73. The van der Waals surface area contributed by atoms with Gasteiger partial charge < -0.3 is 9.88 Å². The molecule has 0 atom stereocenters. The normalized spacial score (nSPS) is 10.9. The second kappa shape index (κ2) is 7.70. The Morgan fingerprint density at radius 2 is 1.69 bits per heavy atom. The van der Waals surface area contributed by atoms with E-state index in [1.807, 2.05) is 49.4 Å². The van der Waals surface area contributed by atoms with Crippen LogP contribution in [0.4, 0.5) is 10.5 Å². The number of aryl methyl sites for hydroxylation is 2. The minimum Gasteiger partial charge on any atom is -0.318 e. The van der Waals surface area contributed by atoms with Crippen LogP contribution in [0, 0.1) is 20.8 Å². The summed E-state index contributed by atoms with van der Waals surface area (Å²) in [6.07, 6.45) is 1.67. The highest BCUT2D eigenvalue weighted by molar-refractivity contribution is 5.90. The molecule has 1 heterocycles. The number of amides is 2. The van der Waals surface area contributed by atoms with Gasteiger partial charge in [-0.2, -0.15) is 5.10 Å². The Morgan fingerprint density at radius 1 is 1.00 bits per heavy atom. The summed E-state index contributed by atoms with van der Waals surface area (Å²) in [5, 5.41) is 6.79. The van der Waals surface area contributed by atoms with Crippen molar-refractivity contribution >= 4 is 17.9 Å². The van der Waals surface area contributed by atoms with Gasteiger partial charge in [0.25, 0.3) is 0 Å². The lowest BCUT2D eigenvalue weighted by Crippen LogP contribution is -2.24. The number of urea groups is 1. The average molecular weight is 346 g/mol. The van der Waals surface area contributed by atoms with E-state index < -0.39 is 0 Å². The third-order valence-corrected chi connectivity index (χ3v) is 4.23. The van der Waals surface area contributed by atoms with Crippen LogP contribution in [-0.4, -0.2) is 16.8 Å². The van der Waals surface area contributed by atoms with Crippen LogP contribution in [0.1, 0.15) is 22.5 Å². The highest BCUT2D eigenvalue weighted by Crippen LogP contribution is 2.22. The first-order valence-electron chi connectivity index (χ1n) is 8.46. The number of nitrogens with zero attached hydrogens (tertiary/aromatic N) is 2. The Labute approximate surface area is 153 Å². The van der Waals surface area contributed by atoms with Gasteiger partial charge in [0.1, 0.15) is 0 Å². The second-order valence-corrected chi connectivity index (χ2v) is 6.14. The summed E-state index contributed by atoms with van der Waals surface area (Å²) < 4.78 is 2.20. The molecule has 0 saturated heterocycles. The summed E-state index contributed by atoms with van der Waals surface area (Å²) in [5.41, 5.74) is 8.73. The van der Waals surface area contributed by atoms with Crippen molar-refractivity contribution in [1.82, 2.24) is 9.99 Å². The number of hydrogen-bond acceptors (Lipinski definition) is 2. The van der Waals surface area contributed by atoms with Gasteiger partial charge in [0.05, 0.1) is 6.21 Å². The molecule has 0 unspecified atom stereocenters. The van der Waals surface area contributed by atoms with Crippen LogP contribution >= 0.6 is 0 Å². The molecular formula is C21H22N4O. The molecule has 5 heteroatoms. The van der Waals surface area contributed by atoms with Crippen molar-refractivity contribution in [2.75, 3.05) is 5.32 Å². The van der Waals surface area contributed by atoms with Gasteiger partial charge in [0, 0.05) is 28.3 Å². The number of para-hydroxylation sites is 2. The lowest BCUT2D eigenvalue weighted by molar-refractivity contribution is 0.252. The average Bonchev–Trinajstić information content (AvgIpc) is 2.90. The maximum Gasteiger partial charge on any atom is 0.339 e. The molecule has 0 aliphatic carbocycles. The molecule has 0 aliphatic rings. The number of anilines is 1. The summed E-state index contributed by atoms with van der Waals surface area (Å²) in [5.74, 6) is 0. The second-order valence-electron chi connectivity index (χ2n) is 6.14. The van der Waals surface area contributed by atoms with E-state index in [4.69, 9.17) is 0 Å². The van der Waals surface area contributed by atoms with Gasteiger partial charge in [0.15, 0.2) is 0 Å². The van der Waals surface area contributed by atoms with Gasteiger partial charge in [-0.05, 0) is 50.6 Å². The topological polar surface area (TPSA) is 58.4 Å². The minimum absolute atomic E-state index is 0.375. The number of aromatic nitrogens is 1. The third-order valence-electron chi connectivity index (χ3n) is 4.23. The first-order valence-corrected chi connectivity index (χ1v) is 8.46. The van der Waals surface area contributed by atoms with Crippen LogP contribution in [0.5, 0.6) is 0 Å². The zero-order valence-electron chi connectivity index (χ0n) is 15.2. The number of hydrazone groups is 1. The monoisotopic (exact) mass is 346 g/mol. The predicted octanol–water partition coefficient (Wildman–Crippen LogP) is 4.56. The molecule has 0 radical (unpaired) electrons. The largest absolute Gasteiger partial charge is 0.339 e. The molecule has 5 nitrogen and oxygen atoms in total. The van der Waals surface area contributed by atoms with Crippen LogP contribution < -0.4 is 10.7 Å². The number of carbonyl (C=O) groups is 1. The Bertz CT molecular complexity index is 942. The maximum atomic E-state index is 11.9. The maximum absolute atomic E-state index is 11.9. The number of carbonyl (C=O) groups excluding carboxylic acids is 1. The number of rotatable bonds is 4. The Hall–Kier alpha value is -3.34. The molecule has 0 bridgehead atoms. The molecule has 26 heavy (non-hydrogen) atoms. The fourth-order valence-corrected chi connectivity index (χ4v) is 2.94. The van der Waals surface area contributed by atoms with Gasteiger partial charge in [0.2, 0.25) is 0 Å². The summed E-state index contributed by atoms with van der Waals surface area (Å²) in [7, 11) is 0. The van der Waals surface area contributed by atoms with Gasteiger partial charge in [-0.15, -0.1) is 0 Å². The lowest BCUT2D eigenvalue weighted by atomic mass is 10.2. The van der Waals surface area contributed by atoms with Gasteiger partial charge in [-0.1, -0.05) is 36.4 Å². The Morgan fingerprint density at radius 3 is 2.42 bits per heavy atom. The molecule has 0 fully saturated rings. The predicted molar refractivity (Wildman–Crippen MR) is 106 cm³/mol. The Kier molecular flexibility index (Phi) is 5.17. The molecule has 0 spiro atoms. The lowest BCUT2D eigenvalue weighted by Gasteiger charge is -2.12. The van der Waals surface area contributed by atoms with Crippen molar-refractivity contribution < 1.29 is 4.79 Å². The molecule has 0 aliphatic heterocycles. The highest BCUT2D eigenvalue weighted by atomic mass is 16.2. The molecule has 0 saturated carbocycles. The van der Waals surface area contributed by atoms with Gasteiger partial charge in [-0.25, -0.2) is 10.2 Å². The third kappa shape index (κ3) is 3.83. The van der Waals surface area contributed by atoms with E-state index >= 15 is 0 Å². The minimum atomic E-state index is -0.375. The number of nitrogens with one attached hydrogen (secondary N) is 2. The molecule has 2 aromatic carbocycles. The SMILES string of the molecule is Cc1ccccc1-n1c(C)cc(/C=N\NC(=O)Nc2ccccc2)c1C. The van der Waals surface area contributed by atoms with E-state index in [0.717, 1.165) is 28.3 Å². The van der Waals surface area contributed by atoms with Crippen molar-refractivity contribution in [3.8, 4) is 5.69 Å². The van der Waals surface area contributed by atoms with E-state index in [0.29, 0.717) is 0 Å². The smallest absolute Gasteiger partial charge is 0.318 e. The molecule has 132 valence electrons. The van der Waals surface area contributed by atoms with Crippen LogP contribution in [0.3, 0.4) is 0 Å². The molecule has 2 amide bonds. The van der Waals surface area contributed by atoms with Crippen molar-refractivity contribution in [2.45, 2.75) is 20.8 Å². The number of benzene rings is 2. The summed E-state index contributed by atoms with van der Waals surface area (Å²) in [6, 6.07) is 19.2. The van der Waals surface area contributed by atoms with Crippen LogP contribution in [0.2, 0.25) is 0 Å². The summed E-state index contributed by atoms with van der Waals surface area (Å²) in [4.78, 5) is 11.9. The van der Waals surface area contributed by atoms with Crippen molar-refractivity contribution in [3.63, 3.8) is 0 Å². The fraction of sp³-hybridized carbons (Fsp3) is 0.143. The van der Waals surface area contributed by atoms with E-state index in [1.165, 1.54) is 5.56 Å². The zero-order chi connectivity index (χ0) is 18.5. The van der Waals surface area contributed by atoms with Crippen LogP contribution in [0.15, 0.2) is 65.8 Å². The van der Waals surface area contributed by atoms with E-state index in [2.05, 4.69) is 52.5 Å². The van der Waals surface area contributed by atoms with Crippen molar-refractivity contribution in [2.24, 2.45) is 5.10 Å². The first-order chi connectivity index (χ1) is 12.6. The quantitative estimate of drug-likeness (QED) is 0.528.